The summed E-state index contributed by atoms with van der Waals surface area (Å²) in [5, 5.41) is 3.45. The zero-order valence-corrected chi connectivity index (χ0v) is 19.1. The highest BCUT2D eigenvalue weighted by atomic mass is 35.5. The molecule has 174 valence electrons. The van der Waals surface area contributed by atoms with E-state index in [0.29, 0.717) is 55.3 Å². The lowest BCUT2D eigenvalue weighted by Crippen LogP contribution is -2.59. The molecule has 0 bridgehead atoms. The number of piperidine rings is 1. The number of anilines is 1. The summed E-state index contributed by atoms with van der Waals surface area (Å²) in [6, 6.07) is 11.1. The van der Waals surface area contributed by atoms with Crippen molar-refractivity contribution in [3.63, 3.8) is 0 Å². The van der Waals surface area contributed by atoms with Gasteiger partial charge in [0.2, 0.25) is 0 Å². The number of halogens is 2. The van der Waals surface area contributed by atoms with Crippen LogP contribution in [-0.2, 0) is 16.1 Å². The fourth-order valence-electron chi connectivity index (χ4n) is 4.35. The van der Waals surface area contributed by atoms with E-state index in [1.165, 1.54) is 17.0 Å². The lowest BCUT2D eigenvalue weighted by Gasteiger charge is -2.42. The summed E-state index contributed by atoms with van der Waals surface area (Å²) in [6.45, 7) is 3.91. The quantitative estimate of drug-likeness (QED) is 0.690. The zero-order chi connectivity index (χ0) is 23.5. The molecule has 2 aliphatic heterocycles. The fraction of sp³-hybridized carbons (Fsp3) is 0.375. The predicted octanol–water partition coefficient (Wildman–Crippen LogP) is 3.65. The van der Waals surface area contributed by atoms with Crippen LogP contribution in [0.3, 0.4) is 0 Å². The molecule has 2 aromatic carbocycles. The molecule has 4 amide bonds. The molecular formula is C24H26ClFN4O3. The van der Waals surface area contributed by atoms with E-state index >= 15 is 0 Å². The Morgan fingerprint density at radius 2 is 1.82 bits per heavy atom. The number of hydrogen-bond donors (Lipinski definition) is 1. The second-order valence-corrected chi connectivity index (χ2v) is 8.90. The van der Waals surface area contributed by atoms with Crippen molar-refractivity contribution in [1.29, 1.82) is 0 Å². The number of benzene rings is 2. The van der Waals surface area contributed by atoms with Gasteiger partial charge in [-0.2, -0.15) is 0 Å². The SMILES string of the molecule is Cc1ccc(Cl)cc1NC(=O)N1CCC(N2CCN(Cc3cccc(F)c3)C(=O)C2=O)CC1. The maximum Gasteiger partial charge on any atom is 0.321 e. The van der Waals surface area contributed by atoms with Crippen LogP contribution in [0, 0.1) is 12.7 Å². The third kappa shape index (κ3) is 5.27. The summed E-state index contributed by atoms with van der Waals surface area (Å²) in [5.41, 5.74) is 2.24. The van der Waals surface area contributed by atoms with E-state index in [4.69, 9.17) is 11.6 Å². The number of hydrogen-bond acceptors (Lipinski definition) is 3. The molecular weight excluding hydrogens is 447 g/mol. The Kier molecular flexibility index (Phi) is 6.83. The monoisotopic (exact) mass is 472 g/mol. The molecule has 0 saturated carbocycles. The van der Waals surface area contributed by atoms with Gasteiger partial charge >= 0.3 is 17.8 Å². The Balaban J connectivity index is 1.31. The highest BCUT2D eigenvalue weighted by Gasteiger charge is 2.38. The Bertz CT molecular complexity index is 1070. The molecule has 2 fully saturated rings. The van der Waals surface area contributed by atoms with Gasteiger partial charge in [0.05, 0.1) is 0 Å². The van der Waals surface area contributed by atoms with Crippen molar-refractivity contribution >= 4 is 35.1 Å². The van der Waals surface area contributed by atoms with Crippen molar-refractivity contribution in [3.05, 3.63) is 64.4 Å². The topological polar surface area (TPSA) is 73.0 Å². The van der Waals surface area contributed by atoms with Crippen LogP contribution >= 0.6 is 11.6 Å². The van der Waals surface area contributed by atoms with Crippen LogP contribution in [-0.4, -0.2) is 64.8 Å². The number of aryl methyl sites for hydroxylation is 1. The maximum atomic E-state index is 13.4. The molecule has 33 heavy (non-hydrogen) atoms. The van der Waals surface area contributed by atoms with Crippen LogP contribution in [0.5, 0.6) is 0 Å². The number of carbonyl (C=O) groups is 3. The smallest absolute Gasteiger partial charge is 0.321 e. The van der Waals surface area contributed by atoms with Gasteiger partial charge in [0, 0.05) is 49.5 Å². The largest absolute Gasteiger partial charge is 0.330 e. The van der Waals surface area contributed by atoms with E-state index in [0.717, 1.165) is 5.56 Å². The molecule has 9 heteroatoms. The number of rotatable bonds is 4. The van der Waals surface area contributed by atoms with Crippen LogP contribution in [0.4, 0.5) is 14.9 Å². The first-order valence-corrected chi connectivity index (χ1v) is 11.4. The lowest BCUT2D eigenvalue weighted by molar-refractivity contribution is -0.158. The van der Waals surface area contributed by atoms with Gasteiger partial charge in [0.25, 0.3) is 0 Å². The lowest BCUT2D eigenvalue weighted by atomic mass is 10.0. The van der Waals surface area contributed by atoms with Crippen molar-refractivity contribution in [2.45, 2.75) is 32.4 Å². The molecule has 1 N–H and O–H groups in total. The normalized spacial score (nSPS) is 17.5. The summed E-state index contributed by atoms with van der Waals surface area (Å²) in [6.07, 6.45) is 1.20. The van der Waals surface area contributed by atoms with Crippen LogP contribution < -0.4 is 5.32 Å². The molecule has 2 aliphatic rings. The molecule has 0 radical (unpaired) electrons. The Morgan fingerprint density at radius 1 is 1.06 bits per heavy atom. The summed E-state index contributed by atoms with van der Waals surface area (Å²) < 4.78 is 13.4. The van der Waals surface area contributed by atoms with Gasteiger partial charge in [0.1, 0.15) is 5.82 Å². The number of likely N-dealkylation sites (tertiary alicyclic amines) is 1. The number of amides is 4. The number of urea groups is 1. The molecule has 0 aromatic heterocycles. The van der Waals surface area contributed by atoms with Crippen molar-refractivity contribution in [3.8, 4) is 0 Å². The van der Waals surface area contributed by atoms with Crippen LogP contribution in [0.15, 0.2) is 42.5 Å². The molecule has 0 spiro atoms. The first-order valence-electron chi connectivity index (χ1n) is 11.0. The van der Waals surface area contributed by atoms with E-state index < -0.39 is 11.8 Å². The summed E-state index contributed by atoms with van der Waals surface area (Å²) >= 11 is 6.03. The Hall–Kier alpha value is -3.13. The number of nitrogens with zero attached hydrogens (tertiary/aromatic N) is 3. The average molecular weight is 473 g/mol. The molecule has 2 saturated heterocycles. The van der Waals surface area contributed by atoms with Gasteiger partial charge < -0.3 is 20.0 Å². The van der Waals surface area contributed by atoms with E-state index in [-0.39, 0.29) is 24.4 Å². The number of nitrogens with one attached hydrogen (secondary N) is 1. The third-order valence-corrected chi connectivity index (χ3v) is 6.47. The highest BCUT2D eigenvalue weighted by Crippen LogP contribution is 2.23. The van der Waals surface area contributed by atoms with Crippen LogP contribution in [0.2, 0.25) is 5.02 Å². The summed E-state index contributed by atoms with van der Waals surface area (Å²) in [5.74, 6) is -1.47. The molecule has 2 aromatic rings. The van der Waals surface area contributed by atoms with Gasteiger partial charge in [-0.1, -0.05) is 29.8 Å². The standard InChI is InChI=1S/C24H26ClFN4O3/c1-16-5-6-18(25)14-21(16)27-24(33)28-9-7-20(8-10-28)30-12-11-29(22(31)23(30)32)15-17-3-2-4-19(26)13-17/h2-6,13-14,20H,7-12,15H2,1H3,(H,27,33). The average Bonchev–Trinajstić information content (AvgIpc) is 2.80. The first-order chi connectivity index (χ1) is 15.8. The highest BCUT2D eigenvalue weighted by molar-refractivity contribution is 6.35. The number of carbonyl (C=O) groups excluding carboxylic acids is 3. The van der Waals surface area contributed by atoms with Crippen molar-refractivity contribution in [2.24, 2.45) is 0 Å². The summed E-state index contributed by atoms with van der Waals surface area (Å²) in [7, 11) is 0. The minimum atomic E-state index is -0.567. The zero-order valence-electron chi connectivity index (χ0n) is 18.4. The van der Waals surface area contributed by atoms with Gasteiger partial charge in [-0.25, -0.2) is 9.18 Å². The Labute approximate surface area is 197 Å². The molecule has 4 rings (SSSR count). The number of piperazine rings is 1. The first kappa shape index (κ1) is 23.0. The summed E-state index contributed by atoms with van der Waals surface area (Å²) in [4.78, 5) is 42.9. The van der Waals surface area contributed by atoms with Crippen molar-refractivity contribution in [1.82, 2.24) is 14.7 Å². The van der Waals surface area contributed by atoms with Gasteiger partial charge in [-0.15, -0.1) is 0 Å². The third-order valence-electron chi connectivity index (χ3n) is 6.24. The van der Waals surface area contributed by atoms with Gasteiger partial charge in [0.15, 0.2) is 0 Å². The second kappa shape index (κ2) is 9.79. The van der Waals surface area contributed by atoms with E-state index in [9.17, 15) is 18.8 Å². The minimum Gasteiger partial charge on any atom is -0.330 e. The molecule has 0 unspecified atom stereocenters. The van der Waals surface area contributed by atoms with Gasteiger partial charge in [-0.05, 0) is 55.2 Å². The second-order valence-electron chi connectivity index (χ2n) is 8.46. The van der Waals surface area contributed by atoms with Crippen LogP contribution in [0.1, 0.15) is 24.0 Å². The van der Waals surface area contributed by atoms with Crippen molar-refractivity contribution < 1.29 is 18.8 Å². The minimum absolute atomic E-state index is 0.0882. The van der Waals surface area contributed by atoms with Crippen LogP contribution in [0.25, 0.3) is 0 Å². The van der Waals surface area contributed by atoms with E-state index in [1.54, 1.807) is 34.1 Å². The van der Waals surface area contributed by atoms with Crippen molar-refractivity contribution in [2.75, 3.05) is 31.5 Å². The van der Waals surface area contributed by atoms with E-state index in [1.807, 2.05) is 13.0 Å². The molecule has 0 aliphatic carbocycles. The van der Waals surface area contributed by atoms with E-state index in [2.05, 4.69) is 5.32 Å². The predicted molar refractivity (Wildman–Crippen MR) is 123 cm³/mol. The van der Waals surface area contributed by atoms with Gasteiger partial charge in [-0.3, -0.25) is 9.59 Å². The fourth-order valence-corrected chi connectivity index (χ4v) is 4.52. The maximum absolute atomic E-state index is 13.4. The molecule has 0 atom stereocenters. The molecule has 7 nitrogen and oxygen atoms in total. The molecule has 2 heterocycles. The Morgan fingerprint density at radius 3 is 2.55 bits per heavy atom.